The summed E-state index contributed by atoms with van der Waals surface area (Å²) in [5, 5.41) is 8.88. The van der Waals surface area contributed by atoms with Crippen molar-refractivity contribution in [2.24, 2.45) is 5.92 Å². The van der Waals surface area contributed by atoms with Crippen LogP contribution in [0.1, 0.15) is 26.7 Å². The van der Waals surface area contributed by atoms with Gasteiger partial charge in [0.2, 0.25) is 11.8 Å². The van der Waals surface area contributed by atoms with Crippen LogP contribution in [-0.4, -0.2) is 37.6 Å². The van der Waals surface area contributed by atoms with Crippen LogP contribution in [-0.2, 0) is 9.59 Å². The van der Waals surface area contributed by atoms with Gasteiger partial charge in [-0.3, -0.25) is 9.59 Å². The van der Waals surface area contributed by atoms with Gasteiger partial charge in [0.15, 0.2) is 0 Å². The molecule has 1 saturated heterocycles. The zero-order chi connectivity index (χ0) is 18.2. The molecule has 0 bridgehead atoms. The average molecular weight is 345 g/mol. The van der Waals surface area contributed by atoms with Crippen LogP contribution in [0.15, 0.2) is 36.4 Å². The largest absolute Gasteiger partial charge is 0.497 e. The fourth-order valence-electron chi connectivity index (χ4n) is 2.55. The summed E-state index contributed by atoms with van der Waals surface area (Å²) in [5.41, 5.74) is 0.693. The molecule has 25 heavy (non-hydrogen) atoms. The summed E-state index contributed by atoms with van der Waals surface area (Å²) in [6, 6.07) is 6.87. The van der Waals surface area contributed by atoms with Crippen molar-refractivity contribution in [1.82, 2.24) is 10.6 Å². The number of carbonyl (C=O) groups is 2. The summed E-state index contributed by atoms with van der Waals surface area (Å²) < 4.78 is 5.09. The number of carbonyl (C=O) groups excluding carboxylic acids is 2. The van der Waals surface area contributed by atoms with Crippen molar-refractivity contribution in [1.29, 1.82) is 0 Å². The Morgan fingerprint density at radius 1 is 1.32 bits per heavy atom. The third-order valence-corrected chi connectivity index (χ3v) is 4.03. The van der Waals surface area contributed by atoms with Gasteiger partial charge < -0.3 is 20.7 Å². The highest BCUT2D eigenvalue weighted by Crippen LogP contribution is 2.15. The highest BCUT2D eigenvalue weighted by atomic mass is 16.5. The third-order valence-electron chi connectivity index (χ3n) is 4.03. The molecule has 2 rings (SSSR count). The molecule has 0 aromatic heterocycles. The molecule has 1 aromatic carbocycles. The van der Waals surface area contributed by atoms with Gasteiger partial charge in [-0.25, -0.2) is 0 Å². The molecule has 1 aromatic rings. The predicted octanol–water partition coefficient (Wildman–Crippen LogP) is 2.08. The lowest BCUT2D eigenvalue weighted by atomic mass is 10.0. The smallest absolute Gasteiger partial charge is 0.248 e. The maximum absolute atomic E-state index is 12.1. The Kier molecular flexibility index (Phi) is 7.01. The quantitative estimate of drug-likeness (QED) is 0.630. The second-order valence-electron chi connectivity index (χ2n) is 6.62. The van der Waals surface area contributed by atoms with Gasteiger partial charge in [0.1, 0.15) is 5.75 Å². The van der Waals surface area contributed by atoms with E-state index in [4.69, 9.17) is 4.74 Å². The Morgan fingerprint density at radius 2 is 2.00 bits per heavy atom. The number of hydrogen-bond acceptors (Lipinski definition) is 4. The van der Waals surface area contributed by atoms with Crippen LogP contribution in [0.3, 0.4) is 0 Å². The lowest BCUT2D eigenvalue weighted by Gasteiger charge is -2.28. The molecule has 0 saturated carbocycles. The van der Waals surface area contributed by atoms with E-state index in [1.165, 1.54) is 6.08 Å². The number of nitrogens with one attached hydrogen (secondary N) is 3. The highest BCUT2D eigenvalue weighted by Gasteiger charge is 2.25. The Morgan fingerprint density at radius 3 is 2.52 bits per heavy atom. The van der Waals surface area contributed by atoms with Gasteiger partial charge in [0.05, 0.1) is 13.2 Å². The number of benzene rings is 1. The first-order valence-corrected chi connectivity index (χ1v) is 8.65. The van der Waals surface area contributed by atoms with Crippen molar-refractivity contribution in [3.63, 3.8) is 0 Å². The first kappa shape index (κ1) is 19.0. The average Bonchev–Trinajstić information content (AvgIpc) is 2.51. The maximum Gasteiger partial charge on any atom is 0.248 e. The van der Waals surface area contributed by atoms with Gasteiger partial charge in [-0.2, -0.15) is 0 Å². The van der Waals surface area contributed by atoms with E-state index in [1.54, 1.807) is 37.5 Å². The normalized spacial score (nSPS) is 17.8. The molecule has 0 radical (unpaired) electrons. The molecule has 2 atom stereocenters. The van der Waals surface area contributed by atoms with Crippen LogP contribution in [0.5, 0.6) is 5.75 Å². The van der Waals surface area contributed by atoms with Gasteiger partial charge in [-0.05, 0) is 49.6 Å². The lowest BCUT2D eigenvalue weighted by Crippen LogP contribution is -2.55. The summed E-state index contributed by atoms with van der Waals surface area (Å²) in [7, 11) is 1.60. The van der Waals surface area contributed by atoms with Crippen molar-refractivity contribution in [3.05, 3.63) is 36.4 Å². The number of hydrogen-bond donors (Lipinski definition) is 3. The SMILES string of the molecule is COc1ccc(NC(=O)/C=C/[C@H](CC(C)C)NC(=O)[C@@H]2CCN2)cc1. The maximum atomic E-state index is 12.1. The van der Waals surface area contributed by atoms with Gasteiger partial charge in [-0.1, -0.05) is 19.9 Å². The zero-order valence-electron chi connectivity index (χ0n) is 15.0. The Labute approximate surface area is 149 Å². The van der Waals surface area contributed by atoms with Crippen LogP contribution < -0.4 is 20.7 Å². The standard InChI is InChI=1S/C19H27N3O3/c1-13(2)12-15(22-19(24)17-10-11-20-17)6-9-18(23)21-14-4-7-16(25-3)8-5-14/h4-9,13,15,17,20H,10-12H2,1-3H3,(H,21,23)(H,22,24)/b9-6+/t15-,17+/m1/s1. The minimum absolute atomic E-state index is 0.00267. The topological polar surface area (TPSA) is 79.5 Å². The number of ether oxygens (including phenoxy) is 1. The summed E-state index contributed by atoms with van der Waals surface area (Å²) in [5.74, 6) is 0.916. The number of methoxy groups -OCH3 is 1. The van der Waals surface area contributed by atoms with Crippen molar-refractivity contribution in [2.75, 3.05) is 19.0 Å². The van der Waals surface area contributed by atoms with E-state index < -0.39 is 0 Å². The second-order valence-corrected chi connectivity index (χ2v) is 6.62. The van der Waals surface area contributed by atoms with E-state index in [0.717, 1.165) is 25.1 Å². The molecular weight excluding hydrogens is 318 g/mol. The first-order valence-electron chi connectivity index (χ1n) is 8.65. The molecule has 3 N–H and O–H groups in total. The Hall–Kier alpha value is -2.34. The van der Waals surface area contributed by atoms with E-state index >= 15 is 0 Å². The highest BCUT2D eigenvalue weighted by molar-refractivity contribution is 5.99. The van der Waals surface area contributed by atoms with Crippen LogP contribution in [0.25, 0.3) is 0 Å². The Bertz CT molecular complexity index is 607. The van der Waals surface area contributed by atoms with E-state index in [2.05, 4.69) is 29.8 Å². The van der Waals surface area contributed by atoms with Crippen molar-refractivity contribution in [3.8, 4) is 5.75 Å². The molecule has 0 aliphatic carbocycles. The number of amides is 2. The van der Waals surface area contributed by atoms with Crippen LogP contribution in [0, 0.1) is 5.92 Å². The van der Waals surface area contributed by atoms with Crippen LogP contribution >= 0.6 is 0 Å². The molecular formula is C19H27N3O3. The summed E-state index contributed by atoms with van der Waals surface area (Å²) in [6.07, 6.45) is 4.88. The molecule has 0 unspecified atom stereocenters. The first-order chi connectivity index (χ1) is 12.0. The molecule has 1 aliphatic rings. The molecule has 1 fully saturated rings. The molecule has 136 valence electrons. The fourth-order valence-corrected chi connectivity index (χ4v) is 2.55. The van der Waals surface area contributed by atoms with E-state index in [0.29, 0.717) is 11.6 Å². The minimum atomic E-state index is -0.227. The van der Waals surface area contributed by atoms with E-state index in [-0.39, 0.29) is 23.9 Å². The van der Waals surface area contributed by atoms with Crippen LogP contribution in [0.4, 0.5) is 5.69 Å². The third kappa shape index (κ3) is 6.23. The lowest BCUT2D eigenvalue weighted by molar-refractivity contribution is -0.125. The zero-order valence-corrected chi connectivity index (χ0v) is 15.0. The summed E-state index contributed by atoms with van der Waals surface area (Å²) in [4.78, 5) is 24.2. The molecule has 6 heteroatoms. The van der Waals surface area contributed by atoms with Gasteiger partial charge in [-0.15, -0.1) is 0 Å². The molecule has 0 spiro atoms. The number of rotatable bonds is 8. The molecule has 1 aliphatic heterocycles. The summed E-state index contributed by atoms with van der Waals surface area (Å²) >= 11 is 0. The second kappa shape index (κ2) is 9.22. The van der Waals surface area contributed by atoms with Crippen molar-refractivity contribution in [2.45, 2.75) is 38.8 Å². The van der Waals surface area contributed by atoms with Crippen LogP contribution in [0.2, 0.25) is 0 Å². The Balaban J connectivity index is 1.90. The monoisotopic (exact) mass is 345 g/mol. The number of anilines is 1. The molecule has 2 amide bonds. The van der Waals surface area contributed by atoms with E-state index in [1.807, 2.05) is 0 Å². The van der Waals surface area contributed by atoms with Gasteiger partial charge in [0, 0.05) is 17.8 Å². The summed E-state index contributed by atoms with van der Waals surface area (Å²) in [6.45, 7) is 5.06. The predicted molar refractivity (Wildman–Crippen MR) is 98.6 cm³/mol. The van der Waals surface area contributed by atoms with Crippen molar-refractivity contribution >= 4 is 17.5 Å². The van der Waals surface area contributed by atoms with Gasteiger partial charge >= 0.3 is 0 Å². The van der Waals surface area contributed by atoms with Crippen molar-refractivity contribution < 1.29 is 14.3 Å². The molecule has 6 nitrogen and oxygen atoms in total. The minimum Gasteiger partial charge on any atom is -0.497 e. The van der Waals surface area contributed by atoms with Gasteiger partial charge in [0.25, 0.3) is 0 Å². The fraction of sp³-hybridized carbons (Fsp3) is 0.474. The van der Waals surface area contributed by atoms with E-state index in [9.17, 15) is 9.59 Å². The molecule has 1 heterocycles.